The molecular weight excluding hydrogens is 256 g/mol. The molecule has 0 amide bonds. The summed E-state index contributed by atoms with van der Waals surface area (Å²) in [5, 5.41) is 13.8. The molecule has 5 nitrogen and oxygen atoms in total. The summed E-state index contributed by atoms with van der Waals surface area (Å²) in [6, 6.07) is 12.4. The van der Waals surface area contributed by atoms with Gasteiger partial charge in [0.2, 0.25) is 0 Å². The lowest BCUT2D eigenvalue weighted by Gasteiger charge is -2.11. The Balaban J connectivity index is 2.19. The Labute approximate surface area is 117 Å². The second-order valence-corrected chi connectivity index (χ2v) is 4.45. The number of anilines is 1. The van der Waals surface area contributed by atoms with Crippen LogP contribution in [0.5, 0.6) is 5.75 Å². The van der Waals surface area contributed by atoms with Crippen LogP contribution in [0.2, 0.25) is 0 Å². The Morgan fingerprint density at radius 2 is 2.05 bits per heavy atom. The van der Waals surface area contributed by atoms with Crippen molar-refractivity contribution in [3.8, 4) is 5.75 Å². The third kappa shape index (κ3) is 3.26. The highest BCUT2D eigenvalue weighted by Gasteiger charge is 2.10. The molecule has 2 aromatic carbocycles. The SMILES string of the molecule is CNc1ccc([N+](=O)[O-])cc1COc1cccc(C)c1. The Hall–Kier alpha value is -2.56. The van der Waals surface area contributed by atoms with Gasteiger partial charge >= 0.3 is 0 Å². The number of aryl methyl sites for hydroxylation is 1. The van der Waals surface area contributed by atoms with Crippen molar-refractivity contribution in [1.82, 2.24) is 0 Å². The largest absolute Gasteiger partial charge is 0.489 e. The van der Waals surface area contributed by atoms with Crippen molar-refractivity contribution in [2.45, 2.75) is 13.5 Å². The van der Waals surface area contributed by atoms with Gasteiger partial charge in [0.1, 0.15) is 12.4 Å². The summed E-state index contributed by atoms with van der Waals surface area (Å²) < 4.78 is 5.69. The molecule has 2 aromatic rings. The zero-order valence-corrected chi connectivity index (χ0v) is 11.4. The predicted octanol–water partition coefficient (Wildman–Crippen LogP) is 3.52. The third-order valence-electron chi connectivity index (χ3n) is 2.95. The van der Waals surface area contributed by atoms with Crippen LogP contribution in [0.3, 0.4) is 0 Å². The van der Waals surface area contributed by atoms with Gasteiger partial charge in [-0.05, 0) is 30.7 Å². The average molecular weight is 272 g/mol. The lowest BCUT2D eigenvalue weighted by Crippen LogP contribution is -2.02. The van der Waals surface area contributed by atoms with Gasteiger partial charge in [0.15, 0.2) is 0 Å². The van der Waals surface area contributed by atoms with E-state index in [1.165, 1.54) is 12.1 Å². The van der Waals surface area contributed by atoms with E-state index >= 15 is 0 Å². The van der Waals surface area contributed by atoms with Crippen LogP contribution in [0.25, 0.3) is 0 Å². The van der Waals surface area contributed by atoms with Gasteiger partial charge in [-0.2, -0.15) is 0 Å². The first-order valence-electron chi connectivity index (χ1n) is 6.24. The minimum Gasteiger partial charge on any atom is -0.489 e. The van der Waals surface area contributed by atoms with E-state index in [0.29, 0.717) is 0 Å². The van der Waals surface area contributed by atoms with Gasteiger partial charge < -0.3 is 10.1 Å². The Kier molecular flexibility index (Phi) is 4.20. The molecule has 0 unspecified atom stereocenters. The number of non-ortho nitro benzene ring substituents is 1. The molecule has 1 N–H and O–H groups in total. The first-order valence-corrected chi connectivity index (χ1v) is 6.24. The Morgan fingerprint density at radius 1 is 1.25 bits per heavy atom. The molecule has 0 aliphatic rings. The fourth-order valence-corrected chi connectivity index (χ4v) is 1.92. The fourth-order valence-electron chi connectivity index (χ4n) is 1.92. The first-order chi connectivity index (χ1) is 9.60. The van der Waals surface area contributed by atoms with Crippen LogP contribution in [0.15, 0.2) is 42.5 Å². The molecule has 0 aromatic heterocycles. The van der Waals surface area contributed by atoms with E-state index in [1.807, 2.05) is 31.2 Å². The van der Waals surface area contributed by atoms with Gasteiger partial charge in [0, 0.05) is 30.4 Å². The number of rotatable bonds is 5. The van der Waals surface area contributed by atoms with Crippen LogP contribution < -0.4 is 10.1 Å². The summed E-state index contributed by atoms with van der Waals surface area (Å²) in [6.45, 7) is 2.26. The number of nitro groups is 1. The van der Waals surface area contributed by atoms with Crippen molar-refractivity contribution in [2.75, 3.05) is 12.4 Å². The average Bonchev–Trinajstić information content (AvgIpc) is 2.44. The third-order valence-corrected chi connectivity index (χ3v) is 2.95. The van der Waals surface area contributed by atoms with E-state index in [2.05, 4.69) is 5.32 Å². The first kappa shape index (κ1) is 13.9. The van der Waals surface area contributed by atoms with Gasteiger partial charge in [-0.1, -0.05) is 12.1 Å². The summed E-state index contributed by atoms with van der Waals surface area (Å²) in [5.41, 5.74) is 2.74. The predicted molar refractivity (Wildman–Crippen MR) is 78.2 cm³/mol. The van der Waals surface area contributed by atoms with Crippen LogP contribution in [0, 0.1) is 17.0 Å². The molecule has 0 bridgehead atoms. The van der Waals surface area contributed by atoms with Crippen molar-refractivity contribution < 1.29 is 9.66 Å². The maximum atomic E-state index is 10.8. The lowest BCUT2D eigenvalue weighted by molar-refractivity contribution is -0.384. The van der Waals surface area contributed by atoms with Gasteiger partial charge in [0.25, 0.3) is 5.69 Å². The highest BCUT2D eigenvalue weighted by atomic mass is 16.6. The molecule has 0 aliphatic carbocycles. The van der Waals surface area contributed by atoms with Crippen molar-refractivity contribution in [2.24, 2.45) is 0 Å². The molecular formula is C15H16N2O3. The molecule has 0 fully saturated rings. The van der Waals surface area contributed by atoms with Crippen molar-refractivity contribution >= 4 is 11.4 Å². The molecule has 0 aliphatic heterocycles. The van der Waals surface area contributed by atoms with Crippen LogP contribution in [0.4, 0.5) is 11.4 Å². The number of hydrogen-bond donors (Lipinski definition) is 1. The summed E-state index contributed by atoms with van der Waals surface area (Å²) in [6.07, 6.45) is 0. The highest BCUT2D eigenvalue weighted by molar-refractivity contribution is 5.55. The Bertz CT molecular complexity index is 626. The van der Waals surface area contributed by atoms with E-state index in [-0.39, 0.29) is 12.3 Å². The van der Waals surface area contributed by atoms with Gasteiger partial charge in [0.05, 0.1) is 4.92 Å². The summed E-state index contributed by atoms with van der Waals surface area (Å²) in [5.74, 6) is 0.749. The number of hydrogen-bond acceptors (Lipinski definition) is 4. The van der Waals surface area contributed by atoms with Crippen LogP contribution in [-0.4, -0.2) is 12.0 Å². The topological polar surface area (TPSA) is 64.4 Å². The second kappa shape index (κ2) is 6.06. The smallest absolute Gasteiger partial charge is 0.269 e. The van der Waals surface area contributed by atoms with Gasteiger partial charge in [-0.25, -0.2) is 0 Å². The lowest BCUT2D eigenvalue weighted by atomic mass is 10.1. The van der Waals surface area contributed by atoms with Crippen LogP contribution in [-0.2, 0) is 6.61 Å². The number of nitrogens with zero attached hydrogens (tertiary/aromatic N) is 1. The molecule has 0 heterocycles. The van der Waals surface area contributed by atoms with E-state index < -0.39 is 4.92 Å². The van der Waals surface area contributed by atoms with E-state index in [1.54, 1.807) is 13.1 Å². The number of benzene rings is 2. The fraction of sp³-hybridized carbons (Fsp3) is 0.200. The summed E-state index contributed by atoms with van der Waals surface area (Å²) in [4.78, 5) is 10.4. The molecule has 0 saturated carbocycles. The monoisotopic (exact) mass is 272 g/mol. The molecule has 20 heavy (non-hydrogen) atoms. The summed E-state index contributed by atoms with van der Waals surface area (Å²) in [7, 11) is 1.78. The van der Waals surface area contributed by atoms with Crippen LogP contribution in [0.1, 0.15) is 11.1 Å². The molecule has 2 rings (SSSR count). The number of nitrogens with one attached hydrogen (secondary N) is 1. The number of ether oxygens (including phenoxy) is 1. The maximum Gasteiger partial charge on any atom is 0.269 e. The van der Waals surface area contributed by atoms with E-state index in [4.69, 9.17) is 4.74 Å². The van der Waals surface area contributed by atoms with Gasteiger partial charge in [-0.3, -0.25) is 10.1 Å². The zero-order chi connectivity index (χ0) is 14.5. The maximum absolute atomic E-state index is 10.8. The molecule has 5 heteroatoms. The molecule has 0 atom stereocenters. The second-order valence-electron chi connectivity index (χ2n) is 4.45. The number of nitro benzene ring substituents is 1. The van der Waals surface area contributed by atoms with Crippen molar-refractivity contribution in [3.05, 3.63) is 63.7 Å². The normalized spacial score (nSPS) is 10.1. The van der Waals surface area contributed by atoms with E-state index in [0.717, 1.165) is 22.6 Å². The quantitative estimate of drug-likeness (QED) is 0.668. The van der Waals surface area contributed by atoms with Crippen molar-refractivity contribution in [1.29, 1.82) is 0 Å². The standard InChI is InChI=1S/C15H16N2O3/c1-11-4-3-5-14(8-11)20-10-12-9-13(17(18)19)6-7-15(12)16-2/h3-9,16H,10H2,1-2H3. The van der Waals surface area contributed by atoms with Crippen LogP contribution >= 0.6 is 0 Å². The molecule has 0 saturated heterocycles. The van der Waals surface area contributed by atoms with E-state index in [9.17, 15) is 10.1 Å². The minimum atomic E-state index is -0.407. The molecule has 0 spiro atoms. The minimum absolute atomic E-state index is 0.0619. The highest BCUT2D eigenvalue weighted by Crippen LogP contribution is 2.23. The summed E-state index contributed by atoms with van der Waals surface area (Å²) >= 11 is 0. The van der Waals surface area contributed by atoms with Crippen molar-refractivity contribution in [3.63, 3.8) is 0 Å². The Morgan fingerprint density at radius 3 is 2.70 bits per heavy atom. The molecule has 104 valence electrons. The zero-order valence-electron chi connectivity index (χ0n) is 11.4. The van der Waals surface area contributed by atoms with Gasteiger partial charge in [-0.15, -0.1) is 0 Å². The molecule has 0 radical (unpaired) electrons.